The summed E-state index contributed by atoms with van der Waals surface area (Å²) in [7, 11) is 0. The average molecular weight is 470 g/mol. The second kappa shape index (κ2) is 29.5. The summed E-state index contributed by atoms with van der Waals surface area (Å²) in [5, 5.41) is 0. The van der Waals surface area contributed by atoms with Crippen molar-refractivity contribution < 1.29 is 36.3 Å². The van der Waals surface area contributed by atoms with E-state index < -0.39 is 0 Å². The van der Waals surface area contributed by atoms with Crippen LogP contribution >= 0.6 is 0 Å². The highest BCUT2D eigenvalue weighted by Crippen LogP contribution is 2.21. The molecular weight excluding hydrogens is 411 g/mol. The van der Waals surface area contributed by atoms with Crippen LogP contribution in [-0.2, 0) is 0 Å². The standard InChI is InChI=1S/C26H56N2.2ClH/c1-3-5-7-9-11-13-15-19-25(23-27)21-17-18-22-26(24-28)20-16-14-12-10-8-6-4-2;;/h25-26H,3-24,27-28H2,1-2H3;2*1H. The zero-order valence-corrected chi connectivity index (χ0v) is 22.4. The van der Waals surface area contributed by atoms with Gasteiger partial charge in [-0.1, -0.05) is 117 Å². The van der Waals surface area contributed by atoms with Gasteiger partial charge in [0.15, 0.2) is 0 Å². The number of hydrogen-bond donors (Lipinski definition) is 2. The van der Waals surface area contributed by atoms with Gasteiger partial charge in [-0.15, -0.1) is 0 Å². The van der Waals surface area contributed by atoms with Gasteiger partial charge in [0.1, 0.15) is 0 Å². The molecule has 30 heavy (non-hydrogen) atoms. The molecule has 0 rings (SSSR count). The van der Waals surface area contributed by atoms with E-state index in [1.807, 2.05) is 0 Å². The predicted molar refractivity (Wildman–Crippen MR) is 126 cm³/mol. The molecule has 0 bridgehead atoms. The molecule has 0 saturated heterocycles. The average Bonchev–Trinajstić information content (AvgIpc) is 2.72. The molecule has 0 aromatic heterocycles. The fourth-order valence-electron chi connectivity index (χ4n) is 4.51. The minimum Gasteiger partial charge on any atom is -1.00 e. The number of rotatable bonds is 23. The SMILES string of the molecule is CCCCCCCCCC(C[NH3+])CCCCC(C[NH3+])CCCCCCCCC.[Cl-].[Cl-]. The smallest absolute Gasteiger partial charge is 0.0768 e. The lowest BCUT2D eigenvalue weighted by molar-refractivity contribution is -0.380. The molecule has 0 aliphatic carbocycles. The predicted octanol–water partition coefficient (Wildman–Crippen LogP) is 0.552. The van der Waals surface area contributed by atoms with Crippen LogP contribution in [0.25, 0.3) is 0 Å². The fraction of sp³-hybridized carbons (Fsp3) is 1.00. The molecule has 0 radical (unpaired) electrons. The van der Waals surface area contributed by atoms with E-state index in [1.165, 1.54) is 128 Å². The molecular formula is C26H58Cl2N2. The Morgan fingerprint density at radius 2 is 0.633 bits per heavy atom. The third-order valence-electron chi connectivity index (χ3n) is 6.72. The van der Waals surface area contributed by atoms with Crippen molar-refractivity contribution in [1.29, 1.82) is 0 Å². The molecule has 6 N–H and O–H groups in total. The van der Waals surface area contributed by atoms with Crippen LogP contribution in [0.2, 0.25) is 0 Å². The lowest BCUT2D eigenvalue weighted by Gasteiger charge is -2.15. The largest absolute Gasteiger partial charge is 1.00 e. The first-order valence-electron chi connectivity index (χ1n) is 13.4. The normalized spacial score (nSPS) is 12.8. The monoisotopic (exact) mass is 468 g/mol. The Morgan fingerprint density at radius 1 is 0.400 bits per heavy atom. The Bertz CT molecular complexity index is 262. The van der Waals surface area contributed by atoms with Crippen LogP contribution < -0.4 is 36.3 Å². The Balaban J connectivity index is -0.00000364. The Labute approximate surface area is 203 Å². The second-order valence-electron chi connectivity index (χ2n) is 9.41. The summed E-state index contributed by atoms with van der Waals surface area (Å²) in [6.07, 6.45) is 28.6. The van der Waals surface area contributed by atoms with Crippen LogP contribution in [0.15, 0.2) is 0 Å². The van der Waals surface area contributed by atoms with E-state index in [2.05, 4.69) is 25.3 Å². The van der Waals surface area contributed by atoms with Crippen LogP contribution in [0.1, 0.15) is 142 Å². The van der Waals surface area contributed by atoms with Crippen molar-refractivity contribution in [3.63, 3.8) is 0 Å². The van der Waals surface area contributed by atoms with E-state index in [0.717, 1.165) is 24.9 Å². The zero-order chi connectivity index (χ0) is 20.7. The van der Waals surface area contributed by atoms with Gasteiger partial charge in [-0.05, 0) is 25.7 Å². The summed E-state index contributed by atoms with van der Waals surface area (Å²) >= 11 is 0. The molecule has 0 aliphatic rings. The van der Waals surface area contributed by atoms with Gasteiger partial charge in [0.05, 0.1) is 13.1 Å². The molecule has 0 amide bonds. The second-order valence-corrected chi connectivity index (χ2v) is 9.41. The Kier molecular flexibility index (Phi) is 34.5. The van der Waals surface area contributed by atoms with E-state index in [-0.39, 0.29) is 24.8 Å². The number of unbranched alkanes of at least 4 members (excludes halogenated alkanes) is 13. The fourth-order valence-corrected chi connectivity index (χ4v) is 4.51. The topological polar surface area (TPSA) is 55.3 Å². The van der Waals surface area contributed by atoms with Crippen LogP contribution in [0, 0.1) is 11.8 Å². The van der Waals surface area contributed by atoms with Gasteiger partial charge in [0.2, 0.25) is 0 Å². The zero-order valence-electron chi connectivity index (χ0n) is 20.9. The molecule has 0 saturated carbocycles. The summed E-state index contributed by atoms with van der Waals surface area (Å²) in [4.78, 5) is 0. The Morgan fingerprint density at radius 3 is 0.900 bits per heavy atom. The maximum Gasteiger partial charge on any atom is 0.0768 e. The van der Waals surface area contributed by atoms with Crippen molar-refractivity contribution >= 4 is 0 Å². The van der Waals surface area contributed by atoms with Crippen molar-refractivity contribution in [3.8, 4) is 0 Å². The van der Waals surface area contributed by atoms with E-state index in [1.54, 1.807) is 0 Å². The first-order valence-corrected chi connectivity index (χ1v) is 13.4. The molecule has 0 heterocycles. The van der Waals surface area contributed by atoms with Gasteiger partial charge in [0.25, 0.3) is 0 Å². The quantitative estimate of drug-likeness (QED) is 0.206. The van der Waals surface area contributed by atoms with Crippen LogP contribution in [-0.4, -0.2) is 13.1 Å². The number of quaternary nitrogens is 2. The van der Waals surface area contributed by atoms with Gasteiger partial charge in [-0.25, -0.2) is 0 Å². The van der Waals surface area contributed by atoms with E-state index in [9.17, 15) is 0 Å². The van der Waals surface area contributed by atoms with Gasteiger partial charge < -0.3 is 36.3 Å². The Hall–Kier alpha value is 0.500. The third-order valence-corrected chi connectivity index (χ3v) is 6.72. The maximum atomic E-state index is 4.22. The highest BCUT2D eigenvalue weighted by molar-refractivity contribution is 4.62. The molecule has 0 fully saturated rings. The van der Waals surface area contributed by atoms with Gasteiger partial charge in [0, 0.05) is 11.8 Å². The van der Waals surface area contributed by atoms with Crippen LogP contribution in [0.4, 0.5) is 0 Å². The summed E-state index contributed by atoms with van der Waals surface area (Å²) < 4.78 is 0. The van der Waals surface area contributed by atoms with Gasteiger partial charge >= 0.3 is 0 Å². The molecule has 2 unspecified atom stereocenters. The van der Waals surface area contributed by atoms with E-state index in [4.69, 9.17) is 0 Å². The molecule has 2 nitrogen and oxygen atoms in total. The summed E-state index contributed by atoms with van der Waals surface area (Å²) in [6.45, 7) is 6.89. The number of hydrogen-bond acceptors (Lipinski definition) is 0. The van der Waals surface area contributed by atoms with Crippen molar-refractivity contribution in [2.75, 3.05) is 13.1 Å². The molecule has 0 aliphatic heterocycles. The lowest BCUT2D eigenvalue weighted by Crippen LogP contribution is -3.00. The van der Waals surface area contributed by atoms with Crippen molar-refractivity contribution in [3.05, 3.63) is 0 Å². The molecule has 0 aromatic rings. The van der Waals surface area contributed by atoms with E-state index in [0.29, 0.717) is 0 Å². The van der Waals surface area contributed by atoms with Crippen molar-refractivity contribution in [2.24, 2.45) is 11.8 Å². The first kappa shape index (κ1) is 35.1. The summed E-state index contributed by atoms with van der Waals surface area (Å²) in [5.74, 6) is 1.77. The highest BCUT2D eigenvalue weighted by Gasteiger charge is 2.11. The molecule has 4 heteroatoms. The van der Waals surface area contributed by atoms with Crippen LogP contribution in [0.5, 0.6) is 0 Å². The van der Waals surface area contributed by atoms with Crippen molar-refractivity contribution in [1.82, 2.24) is 0 Å². The molecule has 0 spiro atoms. The minimum absolute atomic E-state index is 0. The first-order chi connectivity index (χ1) is 13.8. The van der Waals surface area contributed by atoms with E-state index >= 15 is 0 Å². The third kappa shape index (κ3) is 24.8. The maximum absolute atomic E-state index is 4.22. The molecule has 186 valence electrons. The highest BCUT2D eigenvalue weighted by atomic mass is 35.5. The lowest BCUT2D eigenvalue weighted by atomic mass is 9.91. The van der Waals surface area contributed by atoms with Crippen LogP contribution in [0.3, 0.4) is 0 Å². The van der Waals surface area contributed by atoms with Gasteiger partial charge in [-0.3, -0.25) is 0 Å². The van der Waals surface area contributed by atoms with Crippen molar-refractivity contribution in [2.45, 2.75) is 142 Å². The summed E-state index contributed by atoms with van der Waals surface area (Å²) in [5.41, 5.74) is 8.44. The minimum atomic E-state index is 0. The van der Waals surface area contributed by atoms with Gasteiger partial charge in [-0.2, -0.15) is 0 Å². The molecule has 0 aromatic carbocycles. The molecule has 2 atom stereocenters. The number of halogens is 2. The summed E-state index contributed by atoms with van der Waals surface area (Å²) in [6, 6.07) is 0.